The summed E-state index contributed by atoms with van der Waals surface area (Å²) in [7, 11) is 0. The Balaban J connectivity index is 2.89. The number of aliphatic hydroxyl groups is 1. The maximum absolute atomic E-state index is 11.7. The van der Waals surface area contributed by atoms with Gasteiger partial charge in [-0.1, -0.05) is 17.7 Å². The molecule has 92 valence electrons. The van der Waals surface area contributed by atoms with Crippen molar-refractivity contribution in [3.63, 3.8) is 0 Å². The normalized spacial score (nSPS) is 11.9. The lowest BCUT2D eigenvalue weighted by Crippen LogP contribution is -2.43. The van der Waals surface area contributed by atoms with E-state index in [2.05, 4.69) is 5.32 Å². The Morgan fingerprint density at radius 3 is 2.65 bits per heavy atom. The van der Waals surface area contributed by atoms with Crippen LogP contribution in [0.25, 0.3) is 0 Å². The van der Waals surface area contributed by atoms with Crippen LogP contribution in [0.3, 0.4) is 0 Å². The van der Waals surface area contributed by atoms with E-state index in [1.807, 2.05) is 0 Å². The van der Waals surface area contributed by atoms with Crippen LogP contribution in [0.2, 0.25) is 5.02 Å². The SMILES string of the molecule is Cc1ccc(Cl)cc1C(=O)N[C@H](CO)C(=O)O. The highest BCUT2D eigenvalue weighted by Crippen LogP contribution is 2.15. The Labute approximate surface area is 103 Å². The van der Waals surface area contributed by atoms with Crippen molar-refractivity contribution < 1.29 is 19.8 Å². The summed E-state index contributed by atoms with van der Waals surface area (Å²) >= 11 is 5.75. The fraction of sp³-hybridized carbons (Fsp3) is 0.273. The molecule has 5 nitrogen and oxygen atoms in total. The molecule has 1 atom stereocenters. The molecule has 0 saturated heterocycles. The van der Waals surface area contributed by atoms with E-state index in [-0.39, 0.29) is 5.56 Å². The van der Waals surface area contributed by atoms with Crippen molar-refractivity contribution in [3.8, 4) is 0 Å². The summed E-state index contributed by atoms with van der Waals surface area (Å²) in [6.45, 7) is 1.04. The van der Waals surface area contributed by atoms with Gasteiger partial charge in [-0.15, -0.1) is 0 Å². The quantitative estimate of drug-likeness (QED) is 0.745. The molecule has 1 aromatic carbocycles. The highest BCUT2D eigenvalue weighted by molar-refractivity contribution is 6.31. The first-order chi connectivity index (χ1) is 7.95. The van der Waals surface area contributed by atoms with E-state index in [9.17, 15) is 9.59 Å². The predicted molar refractivity (Wildman–Crippen MR) is 62.2 cm³/mol. The highest BCUT2D eigenvalue weighted by atomic mass is 35.5. The number of benzene rings is 1. The topological polar surface area (TPSA) is 86.6 Å². The maximum Gasteiger partial charge on any atom is 0.328 e. The largest absolute Gasteiger partial charge is 0.480 e. The van der Waals surface area contributed by atoms with Gasteiger partial charge in [0.15, 0.2) is 6.04 Å². The number of carboxylic acids is 1. The zero-order valence-corrected chi connectivity index (χ0v) is 9.86. The van der Waals surface area contributed by atoms with Gasteiger partial charge in [0.1, 0.15) is 0 Å². The summed E-state index contributed by atoms with van der Waals surface area (Å²) in [4.78, 5) is 22.4. The van der Waals surface area contributed by atoms with Gasteiger partial charge in [0.25, 0.3) is 5.91 Å². The molecule has 3 N–H and O–H groups in total. The summed E-state index contributed by atoms with van der Waals surface area (Å²) in [5.74, 6) is -1.87. The monoisotopic (exact) mass is 257 g/mol. The van der Waals surface area contributed by atoms with Crippen molar-refractivity contribution in [2.24, 2.45) is 0 Å². The Morgan fingerprint density at radius 2 is 2.12 bits per heavy atom. The number of carbonyl (C=O) groups excluding carboxylic acids is 1. The predicted octanol–water partition coefficient (Wildman–Crippen LogP) is 0.824. The van der Waals surface area contributed by atoms with Crippen LogP contribution in [0.1, 0.15) is 15.9 Å². The molecular weight excluding hydrogens is 246 g/mol. The number of aliphatic hydroxyl groups excluding tert-OH is 1. The number of aryl methyl sites for hydroxylation is 1. The second kappa shape index (κ2) is 5.65. The first-order valence-corrected chi connectivity index (χ1v) is 5.24. The molecular formula is C11H12ClNO4. The average Bonchev–Trinajstić information content (AvgIpc) is 2.28. The first-order valence-electron chi connectivity index (χ1n) is 4.86. The van der Waals surface area contributed by atoms with Crippen LogP contribution in [0.15, 0.2) is 18.2 Å². The standard InChI is InChI=1S/C11H12ClNO4/c1-6-2-3-7(12)4-8(6)10(15)13-9(5-14)11(16)17/h2-4,9,14H,5H2,1H3,(H,13,15)(H,16,17)/t9-/m1/s1. The van der Waals surface area contributed by atoms with Crippen LogP contribution in [0.5, 0.6) is 0 Å². The molecule has 0 fully saturated rings. The molecule has 0 radical (unpaired) electrons. The molecule has 0 aliphatic carbocycles. The molecule has 0 aliphatic heterocycles. The van der Waals surface area contributed by atoms with Gasteiger partial charge >= 0.3 is 5.97 Å². The molecule has 1 aromatic rings. The Kier molecular flexibility index (Phi) is 4.48. The number of amides is 1. The summed E-state index contributed by atoms with van der Waals surface area (Å²) in [5, 5.41) is 20.1. The molecule has 0 spiro atoms. The van der Waals surface area contributed by atoms with Crippen molar-refractivity contribution in [2.45, 2.75) is 13.0 Å². The minimum Gasteiger partial charge on any atom is -0.480 e. The number of halogens is 1. The van der Waals surface area contributed by atoms with Gasteiger partial charge < -0.3 is 15.5 Å². The summed E-state index contributed by atoms with van der Waals surface area (Å²) in [5.41, 5.74) is 0.964. The van der Waals surface area contributed by atoms with E-state index in [1.165, 1.54) is 6.07 Å². The van der Waals surface area contributed by atoms with E-state index in [4.69, 9.17) is 21.8 Å². The molecule has 0 heterocycles. The number of rotatable bonds is 4. The third kappa shape index (κ3) is 3.44. The smallest absolute Gasteiger partial charge is 0.328 e. The van der Waals surface area contributed by atoms with Gasteiger partial charge in [0.2, 0.25) is 0 Å². The van der Waals surface area contributed by atoms with Crippen LogP contribution in [0, 0.1) is 6.92 Å². The Hall–Kier alpha value is -1.59. The molecule has 1 amide bonds. The van der Waals surface area contributed by atoms with Crippen LogP contribution in [-0.4, -0.2) is 34.7 Å². The highest BCUT2D eigenvalue weighted by Gasteiger charge is 2.20. The van der Waals surface area contributed by atoms with Gasteiger partial charge in [0.05, 0.1) is 6.61 Å². The van der Waals surface area contributed by atoms with Gasteiger partial charge in [-0.2, -0.15) is 0 Å². The van der Waals surface area contributed by atoms with Gasteiger partial charge in [-0.25, -0.2) is 4.79 Å². The summed E-state index contributed by atoms with van der Waals surface area (Å²) in [6.07, 6.45) is 0. The second-order valence-corrected chi connectivity index (χ2v) is 3.94. The van der Waals surface area contributed by atoms with Crippen LogP contribution in [-0.2, 0) is 4.79 Å². The second-order valence-electron chi connectivity index (χ2n) is 3.51. The molecule has 0 saturated carbocycles. The van der Waals surface area contributed by atoms with E-state index in [0.29, 0.717) is 10.6 Å². The lowest BCUT2D eigenvalue weighted by molar-refractivity contribution is -0.140. The van der Waals surface area contributed by atoms with E-state index in [1.54, 1.807) is 19.1 Å². The molecule has 0 aliphatic rings. The minimum absolute atomic E-state index is 0.289. The van der Waals surface area contributed by atoms with Crippen molar-refractivity contribution in [1.82, 2.24) is 5.32 Å². The fourth-order valence-electron chi connectivity index (χ4n) is 1.26. The lowest BCUT2D eigenvalue weighted by Gasteiger charge is -2.13. The van der Waals surface area contributed by atoms with Gasteiger partial charge in [-0.05, 0) is 24.6 Å². The molecule has 6 heteroatoms. The van der Waals surface area contributed by atoms with E-state index >= 15 is 0 Å². The molecule has 0 aromatic heterocycles. The Morgan fingerprint density at radius 1 is 1.47 bits per heavy atom. The first kappa shape index (κ1) is 13.5. The minimum atomic E-state index is -1.32. The van der Waals surface area contributed by atoms with Gasteiger partial charge in [0, 0.05) is 10.6 Å². The number of hydrogen-bond acceptors (Lipinski definition) is 3. The Bertz CT molecular complexity index is 447. The zero-order valence-electron chi connectivity index (χ0n) is 9.11. The average molecular weight is 258 g/mol. The molecule has 0 bridgehead atoms. The third-order valence-corrected chi connectivity index (χ3v) is 2.47. The molecule has 17 heavy (non-hydrogen) atoms. The number of hydrogen-bond donors (Lipinski definition) is 3. The molecule has 1 rings (SSSR count). The van der Waals surface area contributed by atoms with E-state index < -0.39 is 24.5 Å². The number of aliphatic carboxylic acids is 1. The summed E-state index contributed by atoms with van der Waals surface area (Å²) in [6, 6.07) is 3.42. The lowest BCUT2D eigenvalue weighted by atomic mass is 10.1. The number of carboxylic acid groups (broad SMARTS) is 1. The molecule has 0 unspecified atom stereocenters. The number of carbonyl (C=O) groups is 2. The van der Waals surface area contributed by atoms with Crippen LogP contribution < -0.4 is 5.32 Å². The zero-order chi connectivity index (χ0) is 13.0. The van der Waals surface area contributed by atoms with Gasteiger partial charge in [-0.3, -0.25) is 4.79 Å². The summed E-state index contributed by atoms with van der Waals surface area (Å²) < 4.78 is 0. The van der Waals surface area contributed by atoms with Crippen LogP contribution >= 0.6 is 11.6 Å². The van der Waals surface area contributed by atoms with E-state index in [0.717, 1.165) is 0 Å². The van der Waals surface area contributed by atoms with Crippen molar-refractivity contribution >= 4 is 23.5 Å². The van der Waals surface area contributed by atoms with Crippen molar-refractivity contribution in [3.05, 3.63) is 34.3 Å². The third-order valence-electron chi connectivity index (χ3n) is 2.23. The number of nitrogens with one attached hydrogen (secondary N) is 1. The maximum atomic E-state index is 11.7. The fourth-order valence-corrected chi connectivity index (χ4v) is 1.43. The van der Waals surface area contributed by atoms with Crippen molar-refractivity contribution in [2.75, 3.05) is 6.61 Å². The van der Waals surface area contributed by atoms with Crippen LogP contribution in [0.4, 0.5) is 0 Å². The van der Waals surface area contributed by atoms with Crippen molar-refractivity contribution in [1.29, 1.82) is 0 Å².